The van der Waals surface area contributed by atoms with Crippen molar-refractivity contribution in [2.24, 2.45) is 0 Å². The molecule has 0 amide bonds. The molecule has 94 valence electrons. The summed E-state index contributed by atoms with van der Waals surface area (Å²) in [5, 5.41) is 12.6. The van der Waals surface area contributed by atoms with Gasteiger partial charge in [0.2, 0.25) is 0 Å². The number of hydrogen-bond acceptors (Lipinski definition) is 4. The highest BCUT2D eigenvalue weighted by atomic mass is 16.3. The minimum atomic E-state index is 0.0947. The first kappa shape index (κ1) is 12.3. The van der Waals surface area contributed by atoms with Gasteiger partial charge in [0.25, 0.3) is 0 Å². The van der Waals surface area contributed by atoms with Crippen molar-refractivity contribution in [1.29, 1.82) is 0 Å². The van der Waals surface area contributed by atoms with Crippen molar-refractivity contribution in [3.63, 3.8) is 0 Å². The fourth-order valence-electron chi connectivity index (χ4n) is 2.29. The van der Waals surface area contributed by atoms with Gasteiger partial charge in [-0.3, -0.25) is 0 Å². The van der Waals surface area contributed by atoms with E-state index in [0.717, 1.165) is 25.1 Å². The minimum Gasteiger partial charge on any atom is -0.394 e. The van der Waals surface area contributed by atoms with Crippen LogP contribution in [0.5, 0.6) is 0 Å². The first-order valence-electron chi connectivity index (χ1n) is 6.55. The van der Waals surface area contributed by atoms with Gasteiger partial charge in [0.1, 0.15) is 12.1 Å². The number of aromatic nitrogens is 2. The molecule has 0 saturated carbocycles. The van der Waals surface area contributed by atoms with Gasteiger partial charge in [-0.2, -0.15) is 0 Å². The molecule has 4 nitrogen and oxygen atoms in total. The number of nitrogens with one attached hydrogen (secondary N) is 1. The fourth-order valence-corrected chi connectivity index (χ4v) is 2.29. The molecule has 4 heteroatoms. The van der Waals surface area contributed by atoms with Crippen LogP contribution in [0.2, 0.25) is 0 Å². The van der Waals surface area contributed by atoms with Crippen LogP contribution in [0.4, 0.5) is 5.82 Å². The summed E-state index contributed by atoms with van der Waals surface area (Å²) in [6.45, 7) is 2.21. The summed E-state index contributed by atoms with van der Waals surface area (Å²) >= 11 is 0. The number of aliphatic hydroxyl groups is 1. The predicted octanol–water partition coefficient (Wildman–Crippen LogP) is 1.93. The SMILES string of the molecule is CCC(CO)Nc1ncnc2c1CCCCC2. The van der Waals surface area contributed by atoms with Crippen molar-refractivity contribution in [2.75, 3.05) is 11.9 Å². The Morgan fingerprint density at radius 1 is 1.29 bits per heavy atom. The molecule has 2 N–H and O–H groups in total. The molecule has 1 atom stereocenters. The van der Waals surface area contributed by atoms with Crippen LogP contribution in [0, 0.1) is 0 Å². The summed E-state index contributed by atoms with van der Waals surface area (Å²) in [7, 11) is 0. The number of rotatable bonds is 4. The zero-order valence-corrected chi connectivity index (χ0v) is 10.4. The Balaban J connectivity index is 2.21. The number of hydrogen-bond donors (Lipinski definition) is 2. The molecular weight excluding hydrogens is 214 g/mol. The third-order valence-corrected chi connectivity index (χ3v) is 3.43. The largest absolute Gasteiger partial charge is 0.394 e. The Kier molecular flexibility index (Phi) is 4.31. The average molecular weight is 235 g/mol. The fraction of sp³-hybridized carbons (Fsp3) is 0.692. The second-order valence-electron chi connectivity index (χ2n) is 4.64. The number of fused-ring (bicyclic) bond motifs is 1. The van der Waals surface area contributed by atoms with Crippen LogP contribution in [-0.4, -0.2) is 27.7 Å². The smallest absolute Gasteiger partial charge is 0.133 e. The Labute approximate surface area is 102 Å². The summed E-state index contributed by atoms with van der Waals surface area (Å²) in [4.78, 5) is 8.72. The van der Waals surface area contributed by atoms with E-state index in [-0.39, 0.29) is 12.6 Å². The van der Waals surface area contributed by atoms with Crippen LogP contribution in [0.3, 0.4) is 0 Å². The standard InChI is InChI=1S/C13H21N3O/c1-2-10(8-17)16-13-11-6-4-3-5-7-12(11)14-9-15-13/h9-10,17H,2-8H2,1H3,(H,14,15,16). The van der Waals surface area contributed by atoms with Crippen molar-refractivity contribution in [2.45, 2.75) is 51.5 Å². The van der Waals surface area contributed by atoms with E-state index in [4.69, 9.17) is 0 Å². The molecule has 1 aliphatic rings. The predicted molar refractivity (Wildman–Crippen MR) is 68.1 cm³/mol. The van der Waals surface area contributed by atoms with Crippen molar-refractivity contribution in [1.82, 2.24) is 9.97 Å². The molecule has 0 aromatic carbocycles. The van der Waals surface area contributed by atoms with E-state index < -0.39 is 0 Å². The Hall–Kier alpha value is -1.16. The maximum absolute atomic E-state index is 9.24. The van der Waals surface area contributed by atoms with E-state index in [1.54, 1.807) is 6.33 Å². The molecule has 0 spiro atoms. The van der Waals surface area contributed by atoms with Gasteiger partial charge in [-0.15, -0.1) is 0 Å². The summed E-state index contributed by atoms with van der Waals surface area (Å²) in [6, 6.07) is 0.0947. The molecule has 1 aromatic heterocycles. The molecule has 0 fully saturated rings. The van der Waals surface area contributed by atoms with Crippen molar-refractivity contribution < 1.29 is 5.11 Å². The molecular formula is C13H21N3O. The minimum absolute atomic E-state index is 0.0947. The Morgan fingerprint density at radius 3 is 2.88 bits per heavy atom. The van der Waals surface area contributed by atoms with E-state index in [1.165, 1.54) is 30.5 Å². The van der Waals surface area contributed by atoms with Crippen molar-refractivity contribution in [3.8, 4) is 0 Å². The van der Waals surface area contributed by atoms with Crippen LogP contribution >= 0.6 is 0 Å². The monoisotopic (exact) mass is 235 g/mol. The number of anilines is 1. The molecule has 1 aliphatic carbocycles. The number of aryl methyl sites for hydroxylation is 1. The average Bonchev–Trinajstić information content (AvgIpc) is 2.61. The first-order valence-corrected chi connectivity index (χ1v) is 6.55. The maximum Gasteiger partial charge on any atom is 0.133 e. The van der Waals surface area contributed by atoms with E-state index >= 15 is 0 Å². The molecule has 2 rings (SSSR count). The van der Waals surface area contributed by atoms with Gasteiger partial charge in [-0.1, -0.05) is 13.3 Å². The maximum atomic E-state index is 9.24. The quantitative estimate of drug-likeness (QED) is 0.783. The number of aliphatic hydroxyl groups excluding tert-OH is 1. The van der Waals surface area contributed by atoms with Gasteiger partial charge in [0.15, 0.2) is 0 Å². The summed E-state index contributed by atoms with van der Waals surface area (Å²) in [6.07, 6.45) is 8.35. The number of nitrogens with zero attached hydrogens (tertiary/aromatic N) is 2. The van der Waals surface area contributed by atoms with Gasteiger partial charge < -0.3 is 10.4 Å². The van der Waals surface area contributed by atoms with Crippen LogP contribution in [0.25, 0.3) is 0 Å². The molecule has 0 saturated heterocycles. The molecule has 1 aromatic rings. The topological polar surface area (TPSA) is 58.0 Å². The van der Waals surface area contributed by atoms with Gasteiger partial charge >= 0.3 is 0 Å². The third kappa shape index (κ3) is 2.94. The van der Waals surface area contributed by atoms with E-state index in [0.29, 0.717) is 0 Å². The second-order valence-corrected chi connectivity index (χ2v) is 4.64. The molecule has 0 bridgehead atoms. The Bertz CT molecular complexity index is 364. The van der Waals surface area contributed by atoms with Crippen LogP contribution in [0.1, 0.15) is 43.9 Å². The van der Waals surface area contributed by atoms with Gasteiger partial charge in [-0.25, -0.2) is 9.97 Å². The molecule has 1 unspecified atom stereocenters. The van der Waals surface area contributed by atoms with Gasteiger partial charge in [-0.05, 0) is 32.1 Å². The lowest BCUT2D eigenvalue weighted by atomic mass is 10.1. The van der Waals surface area contributed by atoms with E-state index in [9.17, 15) is 5.11 Å². The highest BCUT2D eigenvalue weighted by Gasteiger charge is 2.15. The van der Waals surface area contributed by atoms with Gasteiger partial charge in [0, 0.05) is 11.3 Å². The first-order chi connectivity index (χ1) is 8.35. The lowest BCUT2D eigenvalue weighted by Gasteiger charge is -2.18. The lowest BCUT2D eigenvalue weighted by Crippen LogP contribution is -2.24. The van der Waals surface area contributed by atoms with Crippen LogP contribution in [-0.2, 0) is 12.8 Å². The third-order valence-electron chi connectivity index (χ3n) is 3.43. The summed E-state index contributed by atoms with van der Waals surface area (Å²) < 4.78 is 0. The van der Waals surface area contributed by atoms with Crippen LogP contribution < -0.4 is 5.32 Å². The Morgan fingerprint density at radius 2 is 2.12 bits per heavy atom. The lowest BCUT2D eigenvalue weighted by molar-refractivity contribution is 0.271. The zero-order valence-electron chi connectivity index (χ0n) is 10.4. The van der Waals surface area contributed by atoms with Crippen molar-refractivity contribution in [3.05, 3.63) is 17.6 Å². The molecule has 1 heterocycles. The van der Waals surface area contributed by atoms with Crippen LogP contribution in [0.15, 0.2) is 6.33 Å². The molecule has 17 heavy (non-hydrogen) atoms. The summed E-state index contributed by atoms with van der Waals surface area (Å²) in [5.74, 6) is 0.929. The molecule has 0 aliphatic heterocycles. The highest BCUT2D eigenvalue weighted by molar-refractivity contribution is 5.47. The van der Waals surface area contributed by atoms with E-state index in [1.807, 2.05) is 0 Å². The normalized spacial score (nSPS) is 17.1. The summed E-state index contributed by atoms with van der Waals surface area (Å²) in [5.41, 5.74) is 2.45. The molecule has 0 radical (unpaired) electrons. The zero-order chi connectivity index (χ0) is 12.1. The van der Waals surface area contributed by atoms with Gasteiger partial charge in [0.05, 0.1) is 12.6 Å². The highest BCUT2D eigenvalue weighted by Crippen LogP contribution is 2.24. The second kappa shape index (κ2) is 5.96. The van der Waals surface area contributed by atoms with E-state index in [2.05, 4.69) is 22.2 Å². The van der Waals surface area contributed by atoms with Crippen molar-refractivity contribution >= 4 is 5.82 Å².